The smallest absolute Gasteiger partial charge is 0.206 e. The quantitative estimate of drug-likeness (QED) is 0.0896. The Labute approximate surface area is 494 Å². The molecule has 12 rings (SSSR count). The van der Waals surface area contributed by atoms with Crippen LogP contribution in [0.5, 0.6) is 23.0 Å². The molecular formula is C73H50Cl2O6S2. The van der Waals surface area contributed by atoms with E-state index in [4.69, 9.17) is 32.7 Å². The second-order valence-electron chi connectivity index (χ2n) is 19.8. The molecule has 12 aromatic carbocycles. The third-order valence-corrected chi connectivity index (χ3v) is 18.8. The molecule has 0 heterocycles. The van der Waals surface area contributed by atoms with Crippen molar-refractivity contribution in [2.45, 2.75) is 25.0 Å². The maximum Gasteiger partial charge on any atom is 0.206 e. The van der Waals surface area contributed by atoms with Gasteiger partial charge in [0.2, 0.25) is 19.7 Å². The van der Waals surface area contributed by atoms with Gasteiger partial charge in [-0.3, -0.25) is 0 Å². The van der Waals surface area contributed by atoms with Gasteiger partial charge in [0.05, 0.1) is 25.0 Å². The number of hydrogen-bond donors (Lipinski definition) is 0. The average Bonchev–Trinajstić information content (AvgIpc) is 3.12. The SMILES string of the molecule is O=S(=O)(c1ccc(Cl)cc1)c1ccc(Oc2c(-c3ccccc3)cc(C(c3ccccc3)(c3ccccc3)c3cc(-c4ccccc4)c(Oc4ccc(S(=O)(=O)c5ccc(Cl)cc5)cc4)c(-c4ccccc4)c3)cc2-c2ccccc2)cc1. The van der Waals surface area contributed by atoms with Crippen LogP contribution in [-0.2, 0) is 25.1 Å². The minimum Gasteiger partial charge on any atom is -0.456 e. The molecular weight excluding hydrogens is 1110 g/mol. The first kappa shape index (κ1) is 54.3. The van der Waals surface area contributed by atoms with E-state index in [-0.39, 0.29) is 19.6 Å². The number of benzene rings is 12. The summed E-state index contributed by atoms with van der Waals surface area (Å²) in [5.41, 5.74) is 9.50. The van der Waals surface area contributed by atoms with Crippen molar-refractivity contribution in [3.63, 3.8) is 0 Å². The van der Waals surface area contributed by atoms with Crippen molar-refractivity contribution in [3.05, 3.63) is 336 Å². The lowest BCUT2D eigenvalue weighted by atomic mass is 9.63. The van der Waals surface area contributed by atoms with Crippen LogP contribution < -0.4 is 9.47 Å². The highest BCUT2D eigenvalue weighted by Crippen LogP contribution is 2.54. The molecule has 0 aliphatic carbocycles. The molecule has 0 atom stereocenters. The first-order chi connectivity index (χ1) is 40.5. The van der Waals surface area contributed by atoms with E-state index in [1.54, 1.807) is 72.8 Å². The second-order valence-corrected chi connectivity index (χ2v) is 24.6. The first-order valence-electron chi connectivity index (χ1n) is 26.7. The molecule has 0 aliphatic rings. The van der Waals surface area contributed by atoms with Gasteiger partial charge < -0.3 is 9.47 Å². The Morgan fingerprint density at radius 3 is 0.747 bits per heavy atom. The normalized spacial score (nSPS) is 11.7. The van der Waals surface area contributed by atoms with E-state index in [0.29, 0.717) is 33.0 Å². The molecule has 83 heavy (non-hydrogen) atoms. The van der Waals surface area contributed by atoms with Crippen molar-refractivity contribution in [1.82, 2.24) is 0 Å². The lowest BCUT2D eigenvalue weighted by Gasteiger charge is -2.38. The molecule has 10 heteroatoms. The molecule has 0 fully saturated rings. The average molecular weight is 1160 g/mol. The summed E-state index contributed by atoms with van der Waals surface area (Å²) in [7, 11) is -7.74. The highest BCUT2D eigenvalue weighted by atomic mass is 35.5. The molecule has 0 amide bonds. The molecule has 0 bridgehead atoms. The molecule has 0 aromatic heterocycles. The molecule has 0 N–H and O–H groups in total. The molecule has 0 aliphatic heterocycles. The predicted octanol–water partition coefficient (Wildman–Crippen LogP) is 19.3. The van der Waals surface area contributed by atoms with Crippen molar-refractivity contribution in [2.75, 3.05) is 0 Å². The van der Waals surface area contributed by atoms with E-state index in [0.717, 1.165) is 66.8 Å². The molecule has 0 radical (unpaired) electrons. The molecule has 0 saturated carbocycles. The lowest BCUT2D eigenvalue weighted by molar-refractivity contribution is 0.485. The Morgan fingerprint density at radius 2 is 0.494 bits per heavy atom. The van der Waals surface area contributed by atoms with E-state index in [1.807, 2.05) is 84.9 Å². The minimum absolute atomic E-state index is 0.115. The first-order valence-corrected chi connectivity index (χ1v) is 30.5. The minimum atomic E-state index is -3.87. The molecule has 0 unspecified atom stereocenters. The van der Waals surface area contributed by atoms with Gasteiger partial charge in [0, 0.05) is 32.3 Å². The summed E-state index contributed by atoms with van der Waals surface area (Å²) in [5.74, 6) is 2.02. The summed E-state index contributed by atoms with van der Waals surface area (Å²) < 4.78 is 69.7. The van der Waals surface area contributed by atoms with Crippen LogP contribution in [-0.4, -0.2) is 16.8 Å². The fourth-order valence-corrected chi connectivity index (χ4v) is 13.5. The van der Waals surface area contributed by atoms with Crippen LogP contribution in [0.3, 0.4) is 0 Å². The van der Waals surface area contributed by atoms with Crippen molar-refractivity contribution in [3.8, 4) is 67.5 Å². The van der Waals surface area contributed by atoms with E-state index >= 15 is 0 Å². The van der Waals surface area contributed by atoms with Crippen LogP contribution >= 0.6 is 23.2 Å². The lowest BCUT2D eigenvalue weighted by Crippen LogP contribution is -2.31. The summed E-state index contributed by atoms with van der Waals surface area (Å²) in [5, 5.41) is 0.884. The van der Waals surface area contributed by atoms with Crippen molar-refractivity contribution in [2.24, 2.45) is 0 Å². The van der Waals surface area contributed by atoms with E-state index in [1.165, 1.54) is 24.3 Å². The van der Waals surface area contributed by atoms with Gasteiger partial charge in [-0.1, -0.05) is 205 Å². The zero-order chi connectivity index (χ0) is 57.0. The Kier molecular flexibility index (Phi) is 15.2. The van der Waals surface area contributed by atoms with Gasteiger partial charge in [0.25, 0.3) is 0 Å². The maximum absolute atomic E-state index is 13.9. The summed E-state index contributed by atoms with van der Waals surface area (Å²) in [6, 6.07) is 95.9. The number of rotatable bonds is 16. The van der Waals surface area contributed by atoms with Crippen molar-refractivity contribution < 1.29 is 26.3 Å². The van der Waals surface area contributed by atoms with Crippen LogP contribution in [0.15, 0.2) is 323 Å². The standard InChI is InChI=1S/C73H50Cl2O6S2/c74-59-31-39-63(40-32-59)82(76,77)65-43-35-61(36-44-65)80-71-67(51-19-7-1-8-20-51)47-57(48-68(71)52-21-9-2-10-22-52)73(55-27-15-5-16-28-55,56-29-17-6-18-30-56)58-49-69(53-23-11-3-12-24-53)72(70(50-58)54-25-13-4-14-26-54)81-62-37-45-66(46-38-62)83(78,79)64-41-33-60(75)34-42-64/h1-50H. The van der Waals surface area contributed by atoms with Gasteiger partial charge in [-0.2, -0.15) is 0 Å². The largest absolute Gasteiger partial charge is 0.456 e. The van der Waals surface area contributed by atoms with E-state index < -0.39 is 25.1 Å². The Balaban J connectivity index is 1.11. The van der Waals surface area contributed by atoms with Crippen molar-refractivity contribution >= 4 is 42.9 Å². The monoisotopic (exact) mass is 1160 g/mol. The van der Waals surface area contributed by atoms with Gasteiger partial charge in [0.1, 0.15) is 23.0 Å². The number of halogens is 2. The van der Waals surface area contributed by atoms with Gasteiger partial charge in [0.15, 0.2) is 0 Å². The van der Waals surface area contributed by atoms with Gasteiger partial charge >= 0.3 is 0 Å². The molecule has 0 spiro atoms. The zero-order valence-corrected chi connectivity index (χ0v) is 47.5. The Hall–Kier alpha value is -9.28. The fraction of sp³-hybridized carbons (Fsp3) is 0.0137. The van der Waals surface area contributed by atoms with E-state index in [2.05, 4.69) is 121 Å². The Morgan fingerprint density at radius 1 is 0.265 bits per heavy atom. The van der Waals surface area contributed by atoms with Crippen LogP contribution in [0, 0.1) is 0 Å². The Bertz CT molecular complexity index is 4050. The molecule has 12 aromatic rings. The predicted molar refractivity (Wildman–Crippen MR) is 333 cm³/mol. The van der Waals surface area contributed by atoms with Crippen molar-refractivity contribution in [1.29, 1.82) is 0 Å². The number of sulfone groups is 2. The zero-order valence-electron chi connectivity index (χ0n) is 44.4. The molecule has 0 saturated heterocycles. The second kappa shape index (κ2) is 23.3. The number of ether oxygens (including phenoxy) is 2. The topological polar surface area (TPSA) is 86.7 Å². The molecule has 404 valence electrons. The van der Waals surface area contributed by atoms with Gasteiger partial charge in [-0.25, -0.2) is 16.8 Å². The van der Waals surface area contributed by atoms with Crippen LogP contribution in [0.4, 0.5) is 0 Å². The van der Waals surface area contributed by atoms with Crippen LogP contribution in [0.1, 0.15) is 22.3 Å². The van der Waals surface area contributed by atoms with Gasteiger partial charge in [-0.15, -0.1) is 0 Å². The summed E-state index contributed by atoms with van der Waals surface area (Å²) in [6.45, 7) is 0. The highest BCUT2D eigenvalue weighted by Gasteiger charge is 2.41. The van der Waals surface area contributed by atoms with Gasteiger partial charge in [-0.05, 0) is 166 Å². The fourth-order valence-electron chi connectivity index (χ4n) is 10.7. The van der Waals surface area contributed by atoms with E-state index in [9.17, 15) is 16.8 Å². The summed E-state index contributed by atoms with van der Waals surface area (Å²) in [6.07, 6.45) is 0. The van der Waals surface area contributed by atoms with Crippen LogP contribution in [0.25, 0.3) is 44.5 Å². The highest BCUT2D eigenvalue weighted by molar-refractivity contribution is 7.91. The maximum atomic E-state index is 13.9. The summed E-state index contributed by atoms with van der Waals surface area (Å²) >= 11 is 12.3. The third kappa shape index (κ3) is 10.9. The number of hydrogen-bond acceptors (Lipinski definition) is 6. The summed E-state index contributed by atoms with van der Waals surface area (Å²) in [4.78, 5) is 0.497. The third-order valence-electron chi connectivity index (χ3n) is 14.8. The molecule has 6 nitrogen and oxygen atoms in total. The van der Waals surface area contributed by atoms with Crippen LogP contribution in [0.2, 0.25) is 10.0 Å².